The maximum atomic E-state index is 13.3. The molecular weight excluding hydrogens is 303 g/mol. The average Bonchev–Trinajstić information content (AvgIpc) is 2.59. The molecule has 0 saturated heterocycles. The Morgan fingerprint density at radius 3 is 2.46 bits per heavy atom. The van der Waals surface area contributed by atoms with Gasteiger partial charge in [0.15, 0.2) is 0 Å². The summed E-state index contributed by atoms with van der Waals surface area (Å²) >= 11 is 0. The summed E-state index contributed by atoms with van der Waals surface area (Å²) in [6.07, 6.45) is 1.88. The van der Waals surface area contributed by atoms with E-state index in [0.717, 1.165) is 36.1 Å². The first-order valence-corrected chi connectivity index (χ1v) is 8.09. The summed E-state index contributed by atoms with van der Waals surface area (Å²) in [5, 5.41) is 18.8. The van der Waals surface area contributed by atoms with Gasteiger partial charge in [0.2, 0.25) is 0 Å². The number of nitrogens with zero attached hydrogens (tertiary/aromatic N) is 2. The first-order valence-electron chi connectivity index (χ1n) is 8.09. The summed E-state index contributed by atoms with van der Waals surface area (Å²) in [4.78, 5) is 2.13. The Kier molecular flexibility index (Phi) is 6.48. The molecule has 3 nitrogen and oxygen atoms in total. The molecule has 0 fully saturated rings. The molecular formula is C20H23FN2O. The first kappa shape index (κ1) is 18.1. The molecule has 0 bridgehead atoms. The minimum atomic E-state index is -0.256. The Bertz CT molecular complexity index is 705. The number of benzene rings is 2. The molecule has 0 aliphatic rings. The van der Waals surface area contributed by atoms with Crippen molar-refractivity contribution in [3.8, 4) is 6.07 Å². The highest BCUT2D eigenvalue weighted by Crippen LogP contribution is 2.32. The molecule has 0 aliphatic heterocycles. The number of aliphatic hydroxyl groups is 1. The lowest BCUT2D eigenvalue weighted by molar-refractivity contribution is 0.280. The third-order valence-electron chi connectivity index (χ3n) is 4.19. The molecule has 4 heteroatoms. The van der Waals surface area contributed by atoms with Crippen molar-refractivity contribution in [3.63, 3.8) is 0 Å². The minimum Gasteiger partial charge on any atom is -0.392 e. The molecule has 0 aromatic heterocycles. The SMILES string of the molecule is CN(C)CCCC(c1ccc(F)cc1)c1ccc(C#N)cc1CO. The normalized spacial score (nSPS) is 12.2. The van der Waals surface area contributed by atoms with Gasteiger partial charge < -0.3 is 10.0 Å². The lowest BCUT2D eigenvalue weighted by Gasteiger charge is -2.22. The molecule has 0 radical (unpaired) electrons. The number of hydrogen-bond acceptors (Lipinski definition) is 3. The number of rotatable bonds is 7. The van der Waals surface area contributed by atoms with Crippen molar-refractivity contribution in [2.45, 2.75) is 25.4 Å². The van der Waals surface area contributed by atoms with Crippen molar-refractivity contribution in [2.24, 2.45) is 0 Å². The number of halogens is 1. The van der Waals surface area contributed by atoms with Gasteiger partial charge in [-0.2, -0.15) is 5.26 Å². The van der Waals surface area contributed by atoms with Crippen LogP contribution in [0, 0.1) is 17.1 Å². The van der Waals surface area contributed by atoms with Crippen LogP contribution in [0.15, 0.2) is 42.5 Å². The second kappa shape index (κ2) is 8.58. The van der Waals surface area contributed by atoms with Crippen LogP contribution >= 0.6 is 0 Å². The van der Waals surface area contributed by atoms with Crippen LogP contribution in [0.3, 0.4) is 0 Å². The Hall–Kier alpha value is -2.22. The Balaban J connectivity index is 2.38. The predicted molar refractivity (Wildman–Crippen MR) is 93.1 cm³/mol. The molecule has 1 atom stereocenters. The van der Waals surface area contributed by atoms with E-state index >= 15 is 0 Å². The van der Waals surface area contributed by atoms with Crippen molar-refractivity contribution in [3.05, 3.63) is 70.5 Å². The van der Waals surface area contributed by atoms with Gasteiger partial charge in [-0.15, -0.1) is 0 Å². The lowest BCUT2D eigenvalue weighted by atomic mass is 9.84. The van der Waals surface area contributed by atoms with Gasteiger partial charge in [0, 0.05) is 5.92 Å². The molecule has 24 heavy (non-hydrogen) atoms. The molecule has 0 aliphatic carbocycles. The molecule has 2 rings (SSSR count). The molecule has 2 aromatic rings. The van der Waals surface area contributed by atoms with Crippen LogP contribution in [-0.4, -0.2) is 30.6 Å². The largest absolute Gasteiger partial charge is 0.392 e. The Morgan fingerprint density at radius 2 is 1.88 bits per heavy atom. The van der Waals surface area contributed by atoms with Crippen LogP contribution in [0.2, 0.25) is 0 Å². The summed E-state index contributed by atoms with van der Waals surface area (Å²) in [7, 11) is 4.07. The highest BCUT2D eigenvalue weighted by atomic mass is 19.1. The highest BCUT2D eigenvalue weighted by Gasteiger charge is 2.18. The molecule has 0 spiro atoms. The predicted octanol–water partition coefficient (Wildman–Crippen LogP) is 3.66. The summed E-state index contributed by atoms with van der Waals surface area (Å²) in [6, 6.07) is 14.1. The smallest absolute Gasteiger partial charge is 0.123 e. The number of nitriles is 1. The minimum absolute atomic E-state index is 0.0699. The van der Waals surface area contributed by atoms with E-state index < -0.39 is 0 Å². The average molecular weight is 326 g/mol. The molecule has 126 valence electrons. The van der Waals surface area contributed by atoms with E-state index in [1.54, 1.807) is 24.3 Å². The third kappa shape index (κ3) is 4.64. The zero-order valence-corrected chi connectivity index (χ0v) is 14.2. The van der Waals surface area contributed by atoms with E-state index in [9.17, 15) is 9.50 Å². The maximum absolute atomic E-state index is 13.3. The molecule has 1 N–H and O–H groups in total. The monoisotopic (exact) mass is 326 g/mol. The molecule has 0 heterocycles. The van der Waals surface area contributed by atoms with E-state index in [1.165, 1.54) is 12.1 Å². The van der Waals surface area contributed by atoms with Gasteiger partial charge >= 0.3 is 0 Å². The van der Waals surface area contributed by atoms with Gasteiger partial charge in [0.1, 0.15) is 5.82 Å². The van der Waals surface area contributed by atoms with Crippen molar-refractivity contribution in [2.75, 3.05) is 20.6 Å². The number of aliphatic hydroxyl groups excluding tert-OH is 1. The highest BCUT2D eigenvalue weighted by molar-refractivity contribution is 5.43. The Morgan fingerprint density at radius 1 is 1.17 bits per heavy atom. The zero-order valence-electron chi connectivity index (χ0n) is 14.2. The van der Waals surface area contributed by atoms with Gasteiger partial charge in [0.05, 0.1) is 18.2 Å². The van der Waals surface area contributed by atoms with Crippen molar-refractivity contribution < 1.29 is 9.50 Å². The van der Waals surface area contributed by atoms with Gasteiger partial charge in [-0.3, -0.25) is 0 Å². The molecule has 0 amide bonds. The fraction of sp³-hybridized carbons (Fsp3) is 0.350. The van der Waals surface area contributed by atoms with Crippen LogP contribution in [0.5, 0.6) is 0 Å². The van der Waals surface area contributed by atoms with Crippen molar-refractivity contribution in [1.82, 2.24) is 4.90 Å². The third-order valence-corrected chi connectivity index (χ3v) is 4.19. The van der Waals surface area contributed by atoms with Crippen molar-refractivity contribution in [1.29, 1.82) is 5.26 Å². The van der Waals surface area contributed by atoms with Crippen LogP contribution in [0.25, 0.3) is 0 Å². The summed E-state index contributed by atoms with van der Waals surface area (Å²) < 4.78 is 13.3. The van der Waals surface area contributed by atoms with E-state index in [4.69, 9.17) is 5.26 Å². The maximum Gasteiger partial charge on any atom is 0.123 e. The van der Waals surface area contributed by atoms with E-state index in [2.05, 4.69) is 11.0 Å². The van der Waals surface area contributed by atoms with Gasteiger partial charge in [-0.1, -0.05) is 18.2 Å². The van der Waals surface area contributed by atoms with Gasteiger partial charge in [-0.05, 0) is 74.4 Å². The fourth-order valence-electron chi connectivity index (χ4n) is 2.96. The number of hydrogen-bond donors (Lipinski definition) is 1. The fourth-order valence-corrected chi connectivity index (χ4v) is 2.96. The molecule has 0 saturated carbocycles. The molecule has 2 aromatic carbocycles. The second-order valence-corrected chi connectivity index (χ2v) is 6.23. The van der Waals surface area contributed by atoms with Crippen molar-refractivity contribution >= 4 is 0 Å². The Labute approximate surface area is 143 Å². The van der Waals surface area contributed by atoms with Crippen LogP contribution in [-0.2, 0) is 6.61 Å². The lowest BCUT2D eigenvalue weighted by Crippen LogP contribution is -2.15. The first-order chi connectivity index (χ1) is 11.5. The van der Waals surface area contributed by atoms with Gasteiger partial charge in [-0.25, -0.2) is 4.39 Å². The summed E-state index contributed by atoms with van der Waals surface area (Å²) in [5.41, 5.74) is 3.32. The second-order valence-electron chi connectivity index (χ2n) is 6.23. The molecule has 1 unspecified atom stereocenters. The van der Waals surface area contributed by atoms with Crippen LogP contribution in [0.4, 0.5) is 4.39 Å². The van der Waals surface area contributed by atoms with E-state index in [1.807, 2.05) is 20.2 Å². The topological polar surface area (TPSA) is 47.3 Å². The van der Waals surface area contributed by atoms with Gasteiger partial charge in [0.25, 0.3) is 0 Å². The quantitative estimate of drug-likeness (QED) is 0.844. The summed E-state index contributed by atoms with van der Waals surface area (Å²) in [5.74, 6) is -0.187. The standard InChI is InChI=1S/C20H23FN2O/c1-23(2)11-3-4-19(16-6-8-18(21)9-7-16)20-10-5-15(13-22)12-17(20)14-24/h5-10,12,19,24H,3-4,11,14H2,1-2H3. The van der Waals surface area contributed by atoms with E-state index in [0.29, 0.717) is 5.56 Å². The van der Waals surface area contributed by atoms with E-state index in [-0.39, 0.29) is 18.3 Å². The van der Waals surface area contributed by atoms with Crippen LogP contribution in [0.1, 0.15) is 41.0 Å². The van der Waals surface area contributed by atoms with Crippen LogP contribution < -0.4 is 0 Å². The zero-order chi connectivity index (χ0) is 17.5. The summed E-state index contributed by atoms with van der Waals surface area (Å²) in [6.45, 7) is 0.846.